The highest BCUT2D eigenvalue weighted by Gasteiger charge is 2.17. The highest BCUT2D eigenvalue weighted by molar-refractivity contribution is 6.00. The number of furan rings is 1. The van der Waals surface area contributed by atoms with Crippen molar-refractivity contribution in [3.63, 3.8) is 0 Å². The van der Waals surface area contributed by atoms with Gasteiger partial charge in [0, 0.05) is 26.8 Å². The van der Waals surface area contributed by atoms with E-state index in [9.17, 15) is 4.79 Å². The van der Waals surface area contributed by atoms with Crippen molar-refractivity contribution in [2.75, 3.05) is 31.8 Å². The summed E-state index contributed by atoms with van der Waals surface area (Å²) < 4.78 is 5.59. The van der Waals surface area contributed by atoms with Crippen LogP contribution < -0.4 is 10.6 Å². The molecule has 112 valence electrons. The quantitative estimate of drug-likeness (QED) is 0.878. The average Bonchev–Trinajstić information content (AvgIpc) is 2.83. The van der Waals surface area contributed by atoms with E-state index in [1.165, 1.54) is 0 Å². The number of nitrogens with zero attached hydrogens (tertiary/aromatic N) is 2. The summed E-state index contributed by atoms with van der Waals surface area (Å²) in [4.78, 5) is 15.8. The number of carbonyl (C=O) groups is 1. The summed E-state index contributed by atoms with van der Waals surface area (Å²) in [6.07, 6.45) is 0. The van der Waals surface area contributed by atoms with Crippen LogP contribution in [0, 0.1) is 6.92 Å². The number of anilines is 2. The maximum atomic E-state index is 12.3. The minimum atomic E-state index is -0.0486. The topological polar surface area (TPSA) is 62.7 Å². The normalized spacial score (nSPS) is 10.5. The minimum absolute atomic E-state index is 0.0486. The van der Waals surface area contributed by atoms with E-state index in [-0.39, 0.29) is 5.91 Å². The number of rotatable bonds is 4. The zero-order valence-corrected chi connectivity index (χ0v) is 12.9. The average molecular weight is 287 g/mol. The van der Waals surface area contributed by atoms with Gasteiger partial charge >= 0.3 is 0 Å². The second-order valence-electron chi connectivity index (χ2n) is 5.34. The van der Waals surface area contributed by atoms with Gasteiger partial charge in [0.1, 0.15) is 11.5 Å². The standard InChI is InChI=1S/C16H21N3O2/c1-11-5-7-13(21-11)10-19(4)15-9-12(17)6-8-14(15)16(20)18(2)3/h5-9H,10,17H2,1-4H3. The summed E-state index contributed by atoms with van der Waals surface area (Å²) in [6.45, 7) is 2.48. The summed E-state index contributed by atoms with van der Waals surface area (Å²) in [7, 11) is 5.38. The van der Waals surface area contributed by atoms with E-state index in [1.807, 2.05) is 37.1 Å². The zero-order chi connectivity index (χ0) is 15.6. The van der Waals surface area contributed by atoms with Gasteiger partial charge in [-0.05, 0) is 37.3 Å². The van der Waals surface area contributed by atoms with E-state index in [2.05, 4.69) is 0 Å². The Morgan fingerprint density at radius 3 is 2.48 bits per heavy atom. The molecule has 5 nitrogen and oxygen atoms in total. The number of nitrogens with two attached hydrogens (primary N) is 1. The smallest absolute Gasteiger partial charge is 0.255 e. The van der Waals surface area contributed by atoms with Gasteiger partial charge in [-0.25, -0.2) is 0 Å². The molecule has 0 unspecified atom stereocenters. The molecule has 2 rings (SSSR count). The van der Waals surface area contributed by atoms with Crippen LogP contribution in [-0.2, 0) is 6.54 Å². The molecule has 5 heteroatoms. The Morgan fingerprint density at radius 1 is 1.19 bits per heavy atom. The molecule has 0 aliphatic carbocycles. The largest absolute Gasteiger partial charge is 0.464 e. The summed E-state index contributed by atoms with van der Waals surface area (Å²) in [5.74, 6) is 1.67. The lowest BCUT2D eigenvalue weighted by molar-refractivity contribution is 0.0828. The van der Waals surface area contributed by atoms with E-state index in [0.717, 1.165) is 17.2 Å². The Bertz CT molecular complexity index is 647. The van der Waals surface area contributed by atoms with Crippen LogP contribution in [0.2, 0.25) is 0 Å². The van der Waals surface area contributed by atoms with E-state index >= 15 is 0 Å². The number of aryl methyl sites for hydroxylation is 1. The molecule has 0 aliphatic rings. The lowest BCUT2D eigenvalue weighted by atomic mass is 10.1. The SMILES string of the molecule is Cc1ccc(CN(C)c2cc(N)ccc2C(=O)N(C)C)o1. The van der Waals surface area contributed by atoms with Crippen molar-refractivity contribution < 1.29 is 9.21 Å². The fourth-order valence-corrected chi connectivity index (χ4v) is 2.18. The van der Waals surface area contributed by atoms with Crippen LogP contribution >= 0.6 is 0 Å². The number of benzene rings is 1. The summed E-state index contributed by atoms with van der Waals surface area (Å²) >= 11 is 0. The van der Waals surface area contributed by atoms with Crippen LogP contribution in [0.4, 0.5) is 11.4 Å². The van der Waals surface area contributed by atoms with E-state index in [0.29, 0.717) is 17.8 Å². The molecule has 0 saturated carbocycles. The van der Waals surface area contributed by atoms with Gasteiger partial charge in [-0.2, -0.15) is 0 Å². The fourth-order valence-electron chi connectivity index (χ4n) is 2.18. The van der Waals surface area contributed by atoms with Gasteiger partial charge < -0.3 is 20.0 Å². The van der Waals surface area contributed by atoms with E-state index in [4.69, 9.17) is 10.2 Å². The second kappa shape index (κ2) is 5.91. The van der Waals surface area contributed by atoms with Crippen LogP contribution in [0.1, 0.15) is 21.9 Å². The lowest BCUT2D eigenvalue weighted by Gasteiger charge is -2.23. The van der Waals surface area contributed by atoms with Crippen LogP contribution in [0.3, 0.4) is 0 Å². The molecule has 1 aromatic heterocycles. The van der Waals surface area contributed by atoms with Gasteiger partial charge in [0.15, 0.2) is 0 Å². The lowest BCUT2D eigenvalue weighted by Crippen LogP contribution is -2.26. The maximum absolute atomic E-state index is 12.3. The highest BCUT2D eigenvalue weighted by Crippen LogP contribution is 2.25. The second-order valence-corrected chi connectivity index (χ2v) is 5.34. The number of nitrogen functional groups attached to an aromatic ring is 1. The predicted molar refractivity (Wildman–Crippen MR) is 84.4 cm³/mol. The first-order valence-corrected chi connectivity index (χ1v) is 6.76. The Morgan fingerprint density at radius 2 is 1.90 bits per heavy atom. The van der Waals surface area contributed by atoms with Crippen molar-refractivity contribution in [1.82, 2.24) is 4.90 Å². The van der Waals surface area contributed by atoms with Crippen molar-refractivity contribution in [2.24, 2.45) is 0 Å². The van der Waals surface area contributed by atoms with Crippen LogP contribution in [0.5, 0.6) is 0 Å². The molecular formula is C16H21N3O2. The van der Waals surface area contributed by atoms with Crippen molar-refractivity contribution in [2.45, 2.75) is 13.5 Å². The van der Waals surface area contributed by atoms with Crippen molar-refractivity contribution in [3.8, 4) is 0 Å². The molecule has 0 saturated heterocycles. The Kier molecular flexibility index (Phi) is 4.21. The summed E-state index contributed by atoms with van der Waals surface area (Å²) in [5.41, 5.74) is 7.91. The zero-order valence-electron chi connectivity index (χ0n) is 12.9. The van der Waals surface area contributed by atoms with E-state index in [1.54, 1.807) is 31.1 Å². The monoisotopic (exact) mass is 287 g/mol. The Labute approximate surface area is 124 Å². The fraction of sp³-hybridized carbons (Fsp3) is 0.312. The predicted octanol–water partition coefficient (Wildman–Crippen LogP) is 2.51. The molecule has 1 heterocycles. The van der Waals surface area contributed by atoms with Gasteiger partial charge in [-0.15, -0.1) is 0 Å². The van der Waals surface area contributed by atoms with Crippen molar-refractivity contribution in [1.29, 1.82) is 0 Å². The molecule has 2 N–H and O–H groups in total. The molecule has 0 radical (unpaired) electrons. The third-order valence-corrected chi connectivity index (χ3v) is 3.26. The van der Waals surface area contributed by atoms with Crippen molar-refractivity contribution in [3.05, 3.63) is 47.4 Å². The molecule has 0 spiro atoms. The molecule has 0 aliphatic heterocycles. The van der Waals surface area contributed by atoms with E-state index < -0.39 is 0 Å². The van der Waals surface area contributed by atoms with Gasteiger partial charge in [-0.3, -0.25) is 4.79 Å². The Balaban J connectivity index is 2.32. The molecule has 0 bridgehead atoms. The third-order valence-electron chi connectivity index (χ3n) is 3.26. The number of hydrogen-bond donors (Lipinski definition) is 1. The number of amides is 1. The first-order valence-electron chi connectivity index (χ1n) is 6.76. The molecule has 2 aromatic rings. The molecule has 21 heavy (non-hydrogen) atoms. The Hall–Kier alpha value is -2.43. The van der Waals surface area contributed by atoms with Crippen LogP contribution in [0.15, 0.2) is 34.7 Å². The van der Waals surface area contributed by atoms with Gasteiger partial charge in [-0.1, -0.05) is 0 Å². The minimum Gasteiger partial charge on any atom is -0.464 e. The first-order chi connectivity index (χ1) is 9.88. The molecule has 0 atom stereocenters. The molecule has 0 fully saturated rings. The van der Waals surface area contributed by atoms with Crippen molar-refractivity contribution >= 4 is 17.3 Å². The molecular weight excluding hydrogens is 266 g/mol. The first kappa shape index (κ1) is 15.0. The third kappa shape index (κ3) is 3.37. The van der Waals surface area contributed by atoms with Gasteiger partial charge in [0.2, 0.25) is 0 Å². The van der Waals surface area contributed by atoms with Crippen LogP contribution in [0.25, 0.3) is 0 Å². The highest BCUT2D eigenvalue weighted by atomic mass is 16.3. The van der Waals surface area contributed by atoms with Crippen LogP contribution in [-0.4, -0.2) is 32.0 Å². The summed E-state index contributed by atoms with van der Waals surface area (Å²) in [6, 6.07) is 9.18. The maximum Gasteiger partial charge on any atom is 0.255 e. The number of carbonyl (C=O) groups excluding carboxylic acids is 1. The summed E-state index contributed by atoms with van der Waals surface area (Å²) in [5, 5.41) is 0. The molecule has 1 amide bonds. The number of hydrogen-bond acceptors (Lipinski definition) is 4. The molecule has 1 aromatic carbocycles. The van der Waals surface area contributed by atoms with Gasteiger partial charge in [0.25, 0.3) is 5.91 Å². The van der Waals surface area contributed by atoms with Gasteiger partial charge in [0.05, 0.1) is 17.8 Å².